The number of carbonyl (C=O) groups excluding carboxylic acids is 5. The Morgan fingerprint density at radius 3 is 0.918 bits per heavy atom. The molecule has 32 heteroatoms. The van der Waals surface area contributed by atoms with Crippen LogP contribution in [-0.2, 0) is 0 Å². The van der Waals surface area contributed by atoms with E-state index in [-0.39, 0.29) is 68.7 Å². The van der Waals surface area contributed by atoms with Gasteiger partial charge in [0.25, 0.3) is 23.6 Å². The molecular formula is C90H89Cl2F5N16O5S4. The van der Waals surface area contributed by atoms with Crippen molar-refractivity contribution >= 4 is 128 Å². The zero-order valence-electron chi connectivity index (χ0n) is 66.3. The van der Waals surface area contributed by atoms with Gasteiger partial charge in [0, 0.05) is 123 Å². The zero-order chi connectivity index (χ0) is 86.4. The van der Waals surface area contributed by atoms with Crippen LogP contribution in [0.3, 0.4) is 0 Å². The van der Waals surface area contributed by atoms with Gasteiger partial charge in [0.1, 0.15) is 34.1 Å². The van der Waals surface area contributed by atoms with Gasteiger partial charge in [-0.2, -0.15) is 0 Å². The van der Waals surface area contributed by atoms with Gasteiger partial charge in [-0.1, -0.05) is 65.8 Å². The quantitative estimate of drug-likeness (QED) is 0.0322. The molecule has 5 fully saturated rings. The number of hydrogen-bond acceptors (Lipinski definition) is 15. The Bertz CT molecular complexity index is 4800. The van der Waals surface area contributed by atoms with E-state index < -0.39 is 52.9 Å². The van der Waals surface area contributed by atoms with Gasteiger partial charge in [-0.15, -0.1) is 0 Å². The Hall–Kier alpha value is -11.5. The number of amides is 6. The van der Waals surface area contributed by atoms with Crippen LogP contribution in [-0.4, -0.2) is 138 Å². The van der Waals surface area contributed by atoms with Crippen molar-refractivity contribution in [3.8, 4) is 0 Å². The number of hydrogen-bond donors (Lipinski definition) is 6. The molecular weight excluding hydrogens is 1680 g/mol. The molecule has 122 heavy (non-hydrogen) atoms. The van der Waals surface area contributed by atoms with Gasteiger partial charge in [0.2, 0.25) is 0 Å². The van der Waals surface area contributed by atoms with Crippen LogP contribution >= 0.6 is 72.1 Å². The molecule has 0 radical (unpaired) electrons. The van der Waals surface area contributed by atoms with Crippen molar-refractivity contribution in [2.45, 2.75) is 127 Å². The summed E-state index contributed by atoms with van der Waals surface area (Å²) in [7, 11) is 0. The van der Waals surface area contributed by atoms with E-state index in [1.165, 1.54) is 91.3 Å². The lowest BCUT2D eigenvalue weighted by molar-refractivity contribution is 0.0928. The Balaban J connectivity index is 0.000000149. The van der Waals surface area contributed by atoms with Gasteiger partial charge >= 0.3 is 6.03 Å². The van der Waals surface area contributed by atoms with E-state index >= 15 is 0 Å². The SMILES string of the molecule is Fc1ccc(C(=S)NC(=S)N2CCCCC2c2cccnc2)cc1.N=C(NC(=O)c1ccc(F)cc1)N1CCCCC1c1cccnc1.O=C(NC(=O)N1CCCCC1c1cccnc1)c1ccc(F)cc1.O=C(NC(=S)N1CCCCC1c1cccnc1)c1ccc(Cl)c(F)c1.O=C(NC(=S)N1CCCCC1c1cccnc1)c1ccc(Cl)c(F)c1. The van der Waals surface area contributed by atoms with Crippen LogP contribution in [0.5, 0.6) is 0 Å². The molecule has 5 saturated heterocycles. The van der Waals surface area contributed by atoms with Crippen molar-refractivity contribution in [3.05, 3.63) is 327 Å². The molecule has 0 saturated carbocycles. The normalized spacial score (nSPS) is 17.3. The number of imide groups is 1. The third-order valence-electron chi connectivity index (χ3n) is 21.0. The maximum absolute atomic E-state index is 13.6. The van der Waals surface area contributed by atoms with Crippen LogP contribution < -0.4 is 26.6 Å². The molecule has 10 aromatic rings. The molecule has 0 aliphatic carbocycles. The minimum atomic E-state index is -0.633. The van der Waals surface area contributed by atoms with Crippen molar-refractivity contribution < 1.29 is 45.9 Å². The van der Waals surface area contributed by atoms with E-state index in [9.17, 15) is 45.9 Å². The maximum atomic E-state index is 13.6. The Labute approximate surface area is 736 Å². The number of benzene rings is 5. The fourth-order valence-electron chi connectivity index (χ4n) is 14.8. The van der Waals surface area contributed by atoms with E-state index in [1.54, 1.807) is 60.4 Å². The predicted octanol–water partition coefficient (Wildman–Crippen LogP) is 18.6. The predicted molar refractivity (Wildman–Crippen MR) is 475 cm³/mol. The first-order valence-electron chi connectivity index (χ1n) is 39.9. The van der Waals surface area contributed by atoms with E-state index in [2.05, 4.69) is 62.5 Å². The highest BCUT2D eigenvalue weighted by molar-refractivity contribution is 7.82. The van der Waals surface area contributed by atoms with Gasteiger partial charge < -0.3 is 29.8 Å². The van der Waals surface area contributed by atoms with Gasteiger partial charge in [-0.25, -0.2) is 26.7 Å². The van der Waals surface area contributed by atoms with Crippen molar-refractivity contribution in [2.75, 3.05) is 32.7 Å². The molecule has 5 aliphatic heterocycles. The summed E-state index contributed by atoms with van der Waals surface area (Å²) in [6.07, 6.45) is 32.8. The molecule has 5 unspecified atom stereocenters. The number of rotatable bonds is 10. The lowest BCUT2D eigenvalue weighted by atomic mass is 9.97. The van der Waals surface area contributed by atoms with Crippen molar-refractivity contribution in [1.82, 2.24) is 76.0 Å². The van der Waals surface area contributed by atoms with Crippen LogP contribution in [0.1, 0.15) is 201 Å². The number of likely N-dealkylation sites (tertiary alicyclic amines) is 5. The number of thiocarbonyl (C=S) groups is 4. The van der Waals surface area contributed by atoms with E-state index in [0.717, 1.165) is 155 Å². The van der Waals surface area contributed by atoms with Crippen LogP contribution in [0.2, 0.25) is 10.0 Å². The van der Waals surface area contributed by atoms with Crippen molar-refractivity contribution in [2.24, 2.45) is 0 Å². The molecule has 0 spiro atoms. The van der Waals surface area contributed by atoms with E-state index in [4.69, 9.17) is 77.5 Å². The van der Waals surface area contributed by atoms with Crippen LogP contribution in [0.15, 0.2) is 232 Å². The summed E-state index contributed by atoms with van der Waals surface area (Å²) in [5, 5.41) is 23.1. The summed E-state index contributed by atoms with van der Waals surface area (Å²) < 4.78 is 66.0. The molecule has 10 heterocycles. The van der Waals surface area contributed by atoms with Crippen LogP contribution in [0.25, 0.3) is 0 Å². The molecule has 15 rings (SSSR count). The first-order chi connectivity index (χ1) is 59.1. The maximum Gasteiger partial charge on any atom is 0.324 e. The summed E-state index contributed by atoms with van der Waals surface area (Å²) in [5.41, 5.74) is 6.99. The molecule has 5 aliphatic rings. The topological polar surface area (TPSA) is 250 Å². The highest BCUT2D eigenvalue weighted by Crippen LogP contribution is 2.36. The smallest absolute Gasteiger partial charge is 0.324 e. The van der Waals surface area contributed by atoms with Gasteiger partial charge in [0.15, 0.2) is 21.3 Å². The average Bonchev–Trinajstić information content (AvgIpc) is 0.835. The van der Waals surface area contributed by atoms with Gasteiger partial charge in [0.05, 0.1) is 40.3 Å². The zero-order valence-corrected chi connectivity index (χ0v) is 71.0. The second-order valence-electron chi connectivity index (χ2n) is 29.1. The lowest BCUT2D eigenvalue weighted by Crippen LogP contribution is -2.47. The highest BCUT2D eigenvalue weighted by atomic mass is 35.5. The minimum absolute atomic E-state index is 0.0215. The first kappa shape index (κ1) is 91.2. The lowest BCUT2D eigenvalue weighted by Gasteiger charge is -2.37. The van der Waals surface area contributed by atoms with Crippen molar-refractivity contribution in [1.29, 1.82) is 5.41 Å². The second kappa shape index (κ2) is 45.9. The highest BCUT2D eigenvalue weighted by Gasteiger charge is 2.34. The molecule has 6 N–H and O–H groups in total. The molecule has 5 atom stereocenters. The monoisotopic (exact) mass is 1770 g/mol. The Kier molecular flexibility index (Phi) is 34.3. The number of nitrogens with one attached hydrogen (secondary N) is 6. The van der Waals surface area contributed by atoms with Gasteiger partial charge in [-0.3, -0.25) is 70.8 Å². The number of nitrogens with zero attached hydrogens (tertiary/aromatic N) is 10. The Morgan fingerprint density at radius 1 is 0.328 bits per heavy atom. The average molecular weight is 1770 g/mol. The number of urea groups is 1. The molecule has 632 valence electrons. The standard InChI is InChI=1S/2C18H17ClFN3OS.C18H19FN4O.C18H18FN3O2.C18H18FN3S2/c2*19-14-7-6-12(10-15(14)20)17(24)22-18(25)23-9-2-1-5-16(23)13-4-3-8-21-11-13;19-15-8-6-13(7-9-15)17(24)22-18(20)23-11-2-1-5-16(23)14-4-3-10-21-12-14;2*19-15-8-6-13(7-9-15)17(23)21-18(24)22-11-2-1-5-16(22)14-4-3-10-20-12-14/h2*3-4,6-8,10-11,16H,1-2,5,9H2,(H,22,24,25);3-4,6-10,12,16H,1-2,5,11H2,(H2,20,22,24);2*3-4,6-10,12,16H,1-2,5,11H2,(H,21,23,24). The largest absolute Gasteiger partial charge is 0.342 e. The van der Waals surface area contributed by atoms with E-state index in [1.807, 2.05) is 87.9 Å². The summed E-state index contributed by atoms with van der Waals surface area (Å²) in [6.45, 7) is 3.70. The number of piperidine rings is 5. The number of guanidine groups is 1. The fourth-order valence-corrected chi connectivity index (χ4v) is 16.3. The third kappa shape index (κ3) is 26.0. The third-order valence-corrected chi connectivity index (χ3v) is 22.9. The summed E-state index contributed by atoms with van der Waals surface area (Å²) in [4.78, 5) is 92.7. The molecule has 21 nitrogen and oxygen atoms in total. The number of pyridine rings is 5. The van der Waals surface area contributed by atoms with Gasteiger partial charge in [-0.05, 0) is 300 Å². The minimum Gasteiger partial charge on any atom is -0.342 e. The van der Waals surface area contributed by atoms with Crippen molar-refractivity contribution in [3.63, 3.8) is 0 Å². The molecule has 5 aromatic heterocycles. The van der Waals surface area contributed by atoms with E-state index in [0.29, 0.717) is 39.0 Å². The first-order valence-corrected chi connectivity index (χ1v) is 42.3. The van der Waals surface area contributed by atoms with Crippen LogP contribution in [0.4, 0.5) is 26.7 Å². The summed E-state index contributed by atoms with van der Waals surface area (Å²) >= 11 is 33.2. The molecule has 5 aromatic carbocycles. The summed E-state index contributed by atoms with van der Waals surface area (Å²) in [5.74, 6) is -4.13. The number of carbonyl (C=O) groups is 5. The number of aromatic nitrogens is 5. The Morgan fingerprint density at radius 2 is 0.598 bits per heavy atom. The molecule has 6 amide bonds. The molecule has 0 bridgehead atoms. The van der Waals surface area contributed by atoms with Crippen LogP contribution in [0, 0.1) is 34.5 Å². The second-order valence-corrected chi connectivity index (χ2v) is 31.5. The fraction of sp³-hybridized carbons (Fsp3) is 0.278. The number of halogens is 7. The summed E-state index contributed by atoms with van der Waals surface area (Å²) in [6, 6.07) is 43.7.